The van der Waals surface area contributed by atoms with Crippen LogP contribution in [0.2, 0.25) is 0 Å². The highest BCUT2D eigenvalue weighted by Gasteiger charge is 2.31. The molecule has 1 aliphatic carbocycles. The molecule has 2 heterocycles. The van der Waals surface area contributed by atoms with Gasteiger partial charge in [-0.25, -0.2) is 0 Å². The lowest BCUT2D eigenvalue weighted by Gasteiger charge is -2.42. The van der Waals surface area contributed by atoms with E-state index in [4.69, 9.17) is 0 Å². The van der Waals surface area contributed by atoms with Gasteiger partial charge in [0.15, 0.2) is 0 Å². The van der Waals surface area contributed by atoms with Crippen LogP contribution in [0.5, 0.6) is 0 Å². The first-order chi connectivity index (χ1) is 15.3. The van der Waals surface area contributed by atoms with E-state index in [1.54, 1.807) is 0 Å². The average molecular weight is 415 g/mol. The fraction of sp³-hybridized carbons (Fsp3) is 0.448. The zero-order valence-electron chi connectivity index (χ0n) is 19.2. The molecule has 2 nitrogen and oxygen atoms in total. The number of nitrogens with zero attached hydrogens (tertiary/aromatic N) is 2. The van der Waals surface area contributed by atoms with E-state index in [-0.39, 0.29) is 0 Å². The smallest absolute Gasteiger partial charge is 0.0598 e. The molecule has 0 spiro atoms. The maximum atomic E-state index is 4.07. The van der Waals surface area contributed by atoms with Crippen LogP contribution in [0.4, 0.5) is 0 Å². The van der Waals surface area contributed by atoms with Crippen molar-refractivity contribution in [1.82, 2.24) is 9.80 Å². The molecule has 1 aromatic carbocycles. The van der Waals surface area contributed by atoms with Gasteiger partial charge < -0.3 is 0 Å². The molecule has 0 amide bonds. The van der Waals surface area contributed by atoms with E-state index in [1.807, 2.05) is 0 Å². The predicted octanol–water partition coefficient (Wildman–Crippen LogP) is 6.62. The molecule has 164 valence electrons. The van der Waals surface area contributed by atoms with Crippen LogP contribution in [0.25, 0.3) is 0 Å². The highest BCUT2D eigenvalue weighted by Crippen LogP contribution is 2.35. The van der Waals surface area contributed by atoms with Crippen molar-refractivity contribution in [1.29, 1.82) is 0 Å². The minimum atomic E-state index is 0.401. The third kappa shape index (κ3) is 5.37. The molecule has 0 bridgehead atoms. The first-order valence-corrected chi connectivity index (χ1v) is 12.2. The van der Waals surface area contributed by atoms with Gasteiger partial charge in [-0.2, -0.15) is 0 Å². The standard InChI is InChI=1S/C29H38N2/c1-3-11-25-17-21-30(20-16-24(25)4-2)28-18-22-31(23-19-28)29(26-12-7-5-8-13-26)27-14-9-6-10-15-27/h3-5,7-9,11-15,28-29H,2,6,10,16-23H2,1H3/b11-3-. The Morgan fingerprint density at radius 3 is 2.35 bits per heavy atom. The zero-order valence-corrected chi connectivity index (χ0v) is 19.2. The largest absolute Gasteiger partial charge is 0.300 e. The van der Waals surface area contributed by atoms with Gasteiger partial charge in [-0.3, -0.25) is 9.80 Å². The van der Waals surface area contributed by atoms with Crippen LogP contribution in [0, 0.1) is 0 Å². The molecule has 1 unspecified atom stereocenters. The second-order valence-electron chi connectivity index (χ2n) is 9.05. The van der Waals surface area contributed by atoms with Crippen molar-refractivity contribution in [3.63, 3.8) is 0 Å². The van der Waals surface area contributed by atoms with Gasteiger partial charge in [0.25, 0.3) is 0 Å². The Morgan fingerprint density at radius 1 is 0.968 bits per heavy atom. The molecule has 3 aliphatic rings. The fourth-order valence-corrected chi connectivity index (χ4v) is 5.55. The van der Waals surface area contributed by atoms with Crippen molar-refractivity contribution in [3.8, 4) is 0 Å². The first-order valence-electron chi connectivity index (χ1n) is 12.2. The summed E-state index contributed by atoms with van der Waals surface area (Å²) >= 11 is 0. The molecule has 1 fully saturated rings. The van der Waals surface area contributed by atoms with Crippen molar-refractivity contribution in [3.05, 3.63) is 95.6 Å². The Bertz CT molecular complexity index is 850. The maximum absolute atomic E-state index is 4.07. The predicted molar refractivity (Wildman–Crippen MR) is 133 cm³/mol. The summed E-state index contributed by atoms with van der Waals surface area (Å²) in [7, 11) is 0. The average Bonchev–Trinajstić information content (AvgIpc) is 3.04. The molecular formula is C29H38N2. The molecule has 0 radical (unpaired) electrons. The third-order valence-corrected chi connectivity index (χ3v) is 7.20. The lowest BCUT2D eigenvalue weighted by atomic mass is 9.90. The molecule has 0 saturated carbocycles. The normalized spacial score (nSPS) is 23.1. The van der Waals surface area contributed by atoms with E-state index in [1.165, 1.54) is 74.1 Å². The Kier molecular flexibility index (Phi) is 7.77. The van der Waals surface area contributed by atoms with Crippen LogP contribution in [0.1, 0.15) is 57.1 Å². The fourth-order valence-electron chi connectivity index (χ4n) is 5.55. The van der Waals surface area contributed by atoms with Crippen molar-refractivity contribution in [2.75, 3.05) is 26.2 Å². The summed E-state index contributed by atoms with van der Waals surface area (Å²) in [5, 5.41) is 0. The van der Waals surface area contributed by atoms with Gasteiger partial charge in [-0.15, -0.1) is 0 Å². The second kappa shape index (κ2) is 10.9. The van der Waals surface area contributed by atoms with E-state index < -0.39 is 0 Å². The molecule has 2 aliphatic heterocycles. The molecule has 2 heteroatoms. The third-order valence-electron chi connectivity index (χ3n) is 7.20. The van der Waals surface area contributed by atoms with Crippen LogP contribution < -0.4 is 0 Å². The first kappa shape index (κ1) is 22.0. The summed E-state index contributed by atoms with van der Waals surface area (Å²) in [6, 6.07) is 12.2. The lowest BCUT2D eigenvalue weighted by molar-refractivity contribution is 0.0951. The van der Waals surface area contributed by atoms with Crippen molar-refractivity contribution < 1.29 is 0 Å². The van der Waals surface area contributed by atoms with E-state index in [0.29, 0.717) is 12.1 Å². The Labute approximate surface area is 189 Å². The summed E-state index contributed by atoms with van der Waals surface area (Å²) in [4.78, 5) is 5.48. The van der Waals surface area contributed by atoms with Crippen molar-refractivity contribution in [2.24, 2.45) is 0 Å². The van der Waals surface area contributed by atoms with E-state index in [0.717, 1.165) is 12.8 Å². The number of hydrogen-bond donors (Lipinski definition) is 0. The van der Waals surface area contributed by atoms with Gasteiger partial charge in [0.05, 0.1) is 6.04 Å². The van der Waals surface area contributed by atoms with Crippen molar-refractivity contribution in [2.45, 2.75) is 57.5 Å². The molecule has 1 aromatic rings. The monoisotopic (exact) mass is 414 g/mol. The van der Waals surface area contributed by atoms with Crippen LogP contribution in [0.15, 0.2) is 90.1 Å². The van der Waals surface area contributed by atoms with Crippen molar-refractivity contribution >= 4 is 0 Å². The SMILES string of the molecule is C=CC1=C(/C=C\C)CCN(C2CCN(C(C3=CCCC=C3)c3ccccc3)CC2)CC1. The maximum Gasteiger partial charge on any atom is 0.0598 e. The second-order valence-corrected chi connectivity index (χ2v) is 9.05. The van der Waals surface area contributed by atoms with Crippen LogP contribution in [-0.2, 0) is 0 Å². The lowest BCUT2D eigenvalue weighted by Crippen LogP contribution is -2.46. The van der Waals surface area contributed by atoms with Crippen LogP contribution in [0.3, 0.4) is 0 Å². The summed E-state index contributed by atoms with van der Waals surface area (Å²) in [5.41, 5.74) is 5.85. The van der Waals surface area contributed by atoms with E-state index in [2.05, 4.69) is 90.1 Å². The molecule has 0 N–H and O–H groups in total. The molecule has 4 rings (SSSR count). The van der Waals surface area contributed by atoms with E-state index >= 15 is 0 Å². The minimum Gasteiger partial charge on any atom is -0.300 e. The summed E-state index contributed by atoms with van der Waals surface area (Å²) < 4.78 is 0. The molecule has 0 aromatic heterocycles. The molecule has 1 atom stereocenters. The summed E-state index contributed by atoms with van der Waals surface area (Å²) in [6.45, 7) is 10.9. The minimum absolute atomic E-state index is 0.401. The van der Waals surface area contributed by atoms with Gasteiger partial charge in [-0.1, -0.05) is 73.4 Å². The zero-order chi connectivity index (χ0) is 21.5. The van der Waals surface area contributed by atoms with Crippen LogP contribution in [-0.4, -0.2) is 42.0 Å². The Balaban J connectivity index is 1.42. The highest BCUT2D eigenvalue weighted by molar-refractivity contribution is 5.36. The highest BCUT2D eigenvalue weighted by atomic mass is 15.2. The van der Waals surface area contributed by atoms with Gasteiger partial charge in [0, 0.05) is 32.2 Å². The van der Waals surface area contributed by atoms with E-state index in [9.17, 15) is 0 Å². The quantitative estimate of drug-likeness (QED) is 0.516. The molecule has 1 saturated heterocycles. The molecule has 31 heavy (non-hydrogen) atoms. The summed E-state index contributed by atoms with van der Waals surface area (Å²) in [5.74, 6) is 0. The number of piperidine rings is 1. The van der Waals surface area contributed by atoms with Gasteiger partial charge in [0.1, 0.15) is 0 Å². The Morgan fingerprint density at radius 2 is 1.71 bits per heavy atom. The van der Waals surface area contributed by atoms with Crippen LogP contribution >= 0.6 is 0 Å². The number of hydrogen-bond acceptors (Lipinski definition) is 2. The summed E-state index contributed by atoms with van der Waals surface area (Å²) in [6.07, 6.45) is 20.9. The topological polar surface area (TPSA) is 6.48 Å². The Hall–Kier alpha value is -2.16. The number of benzene rings is 1. The molecular weight excluding hydrogens is 376 g/mol. The number of rotatable bonds is 6. The van der Waals surface area contributed by atoms with Gasteiger partial charge in [0.2, 0.25) is 0 Å². The van der Waals surface area contributed by atoms with Gasteiger partial charge >= 0.3 is 0 Å². The van der Waals surface area contributed by atoms with Gasteiger partial charge in [-0.05, 0) is 67.7 Å². The number of allylic oxidation sites excluding steroid dienone is 5. The number of likely N-dealkylation sites (tertiary alicyclic amines) is 1.